The first-order chi connectivity index (χ1) is 6.66. The van der Waals surface area contributed by atoms with E-state index < -0.39 is 5.97 Å². The summed E-state index contributed by atoms with van der Waals surface area (Å²) in [6.45, 7) is 2.05. The number of rotatable bonds is 4. The van der Waals surface area contributed by atoms with Crippen LogP contribution in [0.3, 0.4) is 0 Å². The lowest BCUT2D eigenvalue weighted by atomic mass is 10.2. The molecule has 4 nitrogen and oxygen atoms in total. The summed E-state index contributed by atoms with van der Waals surface area (Å²) in [6.07, 6.45) is 0. The van der Waals surface area contributed by atoms with Gasteiger partial charge < -0.3 is 9.99 Å². The first-order valence-corrected chi connectivity index (χ1v) is 4.36. The number of aromatic carboxylic acids is 1. The predicted octanol–water partition coefficient (Wildman–Crippen LogP) is 2.37. The maximum Gasteiger partial charge on any atom is 0.341 e. The van der Waals surface area contributed by atoms with Crippen molar-refractivity contribution in [2.75, 3.05) is 6.61 Å². The van der Waals surface area contributed by atoms with E-state index in [4.69, 9.17) is 21.6 Å². The second kappa shape index (κ2) is 4.83. The SMILES string of the molecule is CCOOc1cccc(Cl)c1C(=O)O. The molecule has 14 heavy (non-hydrogen) atoms. The molecule has 1 N–H and O–H groups in total. The molecular weight excluding hydrogens is 208 g/mol. The fourth-order valence-corrected chi connectivity index (χ4v) is 1.15. The van der Waals surface area contributed by atoms with E-state index in [0.29, 0.717) is 6.61 Å². The van der Waals surface area contributed by atoms with Crippen LogP contribution in [-0.4, -0.2) is 17.7 Å². The predicted molar refractivity (Wildman–Crippen MR) is 50.7 cm³/mol. The van der Waals surface area contributed by atoms with Crippen LogP contribution in [0.5, 0.6) is 5.75 Å². The second-order valence-corrected chi connectivity index (χ2v) is 2.82. The highest BCUT2D eigenvalue weighted by atomic mass is 35.5. The number of carboxylic acid groups (broad SMARTS) is 1. The molecule has 0 bridgehead atoms. The third-order valence-corrected chi connectivity index (χ3v) is 1.77. The summed E-state index contributed by atoms with van der Waals surface area (Å²) in [7, 11) is 0. The Morgan fingerprint density at radius 2 is 2.29 bits per heavy atom. The standard InChI is InChI=1S/C9H9ClO4/c1-2-13-14-7-5-3-4-6(10)8(7)9(11)12/h3-5H,2H2,1H3,(H,11,12). The van der Waals surface area contributed by atoms with Crippen LogP contribution < -0.4 is 4.89 Å². The Labute approximate surface area is 85.9 Å². The Balaban J connectivity index is 3.02. The van der Waals surface area contributed by atoms with Crippen molar-refractivity contribution >= 4 is 17.6 Å². The van der Waals surface area contributed by atoms with Crippen LogP contribution >= 0.6 is 11.6 Å². The van der Waals surface area contributed by atoms with Crippen LogP contribution in [0.15, 0.2) is 18.2 Å². The molecule has 1 aromatic rings. The molecular formula is C9H9ClO4. The lowest BCUT2D eigenvalue weighted by Crippen LogP contribution is -2.04. The van der Waals surface area contributed by atoms with Crippen LogP contribution in [0.1, 0.15) is 17.3 Å². The summed E-state index contributed by atoms with van der Waals surface area (Å²) >= 11 is 5.69. The average Bonchev–Trinajstić information content (AvgIpc) is 2.14. The first-order valence-electron chi connectivity index (χ1n) is 3.98. The van der Waals surface area contributed by atoms with Gasteiger partial charge in [0.1, 0.15) is 5.56 Å². The normalized spacial score (nSPS) is 9.86. The summed E-state index contributed by atoms with van der Waals surface area (Å²) in [5.74, 6) is -1.04. The van der Waals surface area contributed by atoms with Crippen molar-refractivity contribution in [2.24, 2.45) is 0 Å². The minimum Gasteiger partial charge on any atom is -0.477 e. The first kappa shape index (κ1) is 10.8. The topological polar surface area (TPSA) is 55.8 Å². The molecule has 0 aliphatic rings. The smallest absolute Gasteiger partial charge is 0.341 e. The molecule has 0 heterocycles. The van der Waals surface area contributed by atoms with Gasteiger partial charge >= 0.3 is 5.97 Å². The molecule has 0 fully saturated rings. The van der Waals surface area contributed by atoms with Crippen molar-refractivity contribution < 1.29 is 19.7 Å². The zero-order valence-electron chi connectivity index (χ0n) is 7.49. The highest BCUT2D eigenvalue weighted by Gasteiger charge is 2.16. The van der Waals surface area contributed by atoms with Gasteiger partial charge in [-0.25, -0.2) is 4.79 Å². The zero-order valence-corrected chi connectivity index (χ0v) is 8.25. The van der Waals surface area contributed by atoms with E-state index >= 15 is 0 Å². The number of hydrogen-bond donors (Lipinski definition) is 1. The van der Waals surface area contributed by atoms with Crippen molar-refractivity contribution in [1.29, 1.82) is 0 Å². The Kier molecular flexibility index (Phi) is 3.73. The molecule has 0 aromatic heterocycles. The largest absolute Gasteiger partial charge is 0.477 e. The van der Waals surface area contributed by atoms with Crippen molar-refractivity contribution in [3.05, 3.63) is 28.8 Å². The zero-order chi connectivity index (χ0) is 10.6. The molecule has 0 amide bonds. The minimum atomic E-state index is -1.15. The molecule has 0 aliphatic carbocycles. The van der Waals surface area contributed by atoms with Gasteiger partial charge in [-0.05, 0) is 19.1 Å². The summed E-state index contributed by atoms with van der Waals surface area (Å²) in [5, 5.41) is 8.95. The number of carboxylic acids is 1. The number of carbonyl (C=O) groups is 1. The maximum atomic E-state index is 10.8. The van der Waals surface area contributed by atoms with E-state index in [1.54, 1.807) is 13.0 Å². The summed E-state index contributed by atoms with van der Waals surface area (Å²) in [4.78, 5) is 20.2. The van der Waals surface area contributed by atoms with Gasteiger partial charge in [0, 0.05) is 0 Å². The Morgan fingerprint density at radius 1 is 1.57 bits per heavy atom. The summed E-state index contributed by atoms with van der Waals surface area (Å²) < 4.78 is 0. The van der Waals surface area contributed by atoms with Gasteiger partial charge in [-0.15, -0.1) is 0 Å². The Bertz CT molecular complexity index is 338. The van der Waals surface area contributed by atoms with Gasteiger partial charge in [0.15, 0.2) is 5.75 Å². The quantitative estimate of drug-likeness (QED) is 0.620. The third kappa shape index (κ3) is 2.37. The number of hydrogen-bond acceptors (Lipinski definition) is 3. The molecule has 5 heteroatoms. The van der Waals surface area contributed by atoms with Crippen molar-refractivity contribution in [2.45, 2.75) is 6.92 Å². The Morgan fingerprint density at radius 3 is 2.86 bits per heavy atom. The number of benzene rings is 1. The summed E-state index contributed by atoms with van der Waals surface area (Å²) in [6, 6.07) is 4.54. The third-order valence-electron chi connectivity index (χ3n) is 1.46. The van der Waals surface area contributed by atoms with Gasteiger partial charge in [-0.2, -0.15) is 4.89 Å². The fourth-order valence-electron chi connectivity index (χ4n) is 0.904. The Hall–Kier alpha value is -1.26. The lowest BCUT2D eigenvalue weighted by Gasteiger charge is -2.06. The van der Waals surface area contributed by atoms with Crippen molar-refractivity contribution in [3.63, 3.8) is 0 Å². The minimum absolute atomic E-state index is 0.0948. The lowest BCUT2D eigenvalue weighted by molar-refractivity contribution is -0.202. The van der Waals surface area contributed by atoms with E-state index in [2.05, 4.69) is 4.89 Å². The molecule has 0 aliphatic heterocycles. The molecule has 76 valence electrons. The van der Waals surface area contributed by atoms with Gasteiger partial charge in [-0.3, -0.25) is 0 Å². The molecule has 0 radical (unpaired) electrons. The molecule has 0 atom stereocenters. The maximum absolute atomic E-state index is 10.8. The van der Waals surface area contributed by atoms with E-state index in [1.165, 1.54) is 12.1 Å². The van der Waals surface area contributed by atoms with Crippen molar-refractivity contribution in [3.8, 4) is 5.75 Å². The van der Waals surface area contributed by atoms with Crippen LogP contribution in [0.25, 0.3) is 0 Å². The van der Waals surface area contributed by atoms with E-state index in [-0.39, 0.29) is 16.3 Å². The highest BCUT2D eigenvalue weighted by molar-refractivity contribution is 6.33. The van der Waals surface area contributed by atoms with Crippen LogP contribution in [0.2, 0.25) is 5.02 Å². The fraction of sp³-hybridized carbons (Fsp3) is 0.222. The van der Waals surface area contributed by atoms with E-state index in [0.717, 1.165) is 0 Å². The van der Waals surface area contributed by atoms with Gasteiger partial charge in [-0.1, -0.05) is 17.7 Å². The number of halogens is 1. The van der Waals surface area contributed by atoms with Gasteiger partial charge in [0.2, 0.25) is 0 Å². The molecule has 0 saturated carbocycles. The average molecular weight is 217 g/mol. The van der Waals surface area contributed by atoms with Crippen LogP contribution in [-0.2, 0) is 4.89 Å². The monoisotopic (exact) mass is 216 g/mol. The molecule has 1 rings (SSSR count). The summed E-state index contributed by atoms with van der Waals surface area (Å²) in [5.41, 5.74) is -0.0948. The van der Waals surface area contributed by atoms with Crippen LogP contribution in [0.4, 0.5) is 0 Å². The molecule has 0 unspecified atom stereocenters. The molecule has 0 saturated heterocycles. The van der Waals surface area contributed by atoms with Crippen molar-refractivity contribution in [1.82, 2.24) is 0 Å². The molecule has 0 spiro atoms. The second-order valence-electron chi connectivity index (χ2n) is 2.41. The van der Waals surface area contributed by atoms with Crippen LogP contribution in [0, 0.1) is 0 Å². The van der Waals surface area contributed by atoms with E-state index in [1.807, 2.05) is 0 Å². The van der Waals surface area contributed by atoms with Gasteiger partial charge in [0.25, 0.3) is 0 Å². The van der Waals surface area contributed by atoms with Gasteiger partial charge in [0.05, 0.1) is 11.6 Å². The van der Waals surface area contributed by atoms with E-state index in [9.17, 15) is 4.79 Å². The highest BCUT2D eigenvalue weighted by Crippen LogP contribution is 2.26. The molecule has 1 aromatic carbocycles.